The minimum atomic E-state index is 0.258. The van der Waals surface area contributed by atoms with Crippen LogP contribution in [0.5, 0.6) is 0 Å². The zero-order valence-corrected chi connectivity index (χ0v) is 15.7. The topological polar surface area (TPSA) is 86.6 Å². The minimum Gasteiger partial charge on any atom is -0.396 e. The van der Waals surface area contributed by atoms with Crippen molar-refractivity contribution in [2.75, 3.05) is 79.3 Å². The van der Waals surface area contributed by atoms with Crippen molar-refractivity contribution in [2.45, 2.75) is 38.5 Å². The van der Waals surface area contributed by atoms with Gasteiger partial charge in [-0.05, 0) is 38.5 Å². The molecule has 0 atom stereocenters. The summed E-state index contributed by atoms with van der Waals surface area (Å²) in [5, 5.41) is 17.3. The Morgan fingerprint density at radius 2 is 0.600 bits per heavy atom. The predicted molar refractivity (Wildman–Crippen MR) is 96.0 cm³/mol. The summed E-state index contributed by atoms with van der Waals surface area (Å²) in [5.74, 6) is 0. The monoisotopic (exact) mass is 366 g/mol. The highest BCUT2D eigenvalue weighted by atomic mass is 16.6. The summed E-state index contributed by atoms with van der Waals surface area (Å²) in [6.45, 7) is 6.56. The fourth-order valence-corrected chi connectivity index (χ4v) is 1.97. The van der Waals surface area contributed by atoms with E-state index in [2.05, 4.69) is 0 Å². The molecule has 0 fully saturated rings. The SMILES string of the molecule is OCCCCCOCCOCCOCCOCCOCCCCCO. The molecule has 25 heavy (non-hydrogen) atoms. The zero-order valence-electron chi connectivity index (χ0n) is 15.7. The summed E-state index contributed by atoms with van der Waals surface area (Å²) in [4.78, 5) is 0. The van der Waals surface area contributed by atoms with Crippen LogP contribution in [0.3, 0.4) is 0 Å². The second-order valence-electron chi connectivity index (χ2n) is 5.63. The van der Waals surface area contributed by atoms with E-state index in [-0.39, 0.29) is 13.2 Å². The van der Waals surface area contributed by atoms with Gasteiger partial charge < -0.3 is 33.9 Å². The molecule has 7 heteroatoms. The third kappa shape index (κ3) is 23.7. The van der Waals surface area contributed by atoms with Crippen molar-refractivity contribution < 1.29 is 33.9 Å². The van der Waals surface area contributed by atoms with E-state index >= 15 is 0 Å². The molecule has 0 aliphatic heterocycles. The van der Waals surface area contributed by atoms with Crippen molar-refractivity contribution in [2.24, 2.45) is 0 Å². The lowest BCUT2D eigenvalue weighted by molar-refractivity contribution is -0.0114. The van der Waals surface area contributed by atoms with Crippen LogP contribution in [-0.2, 0) is 23.7 Å². The first-order valence-electron chi connectivity index (χ1n) is 9.52. The normalized spacial score (nSPS) is 11.3. The molecule has 0 spiro atoms. The average molecular weight is 366 g/mol. The third-order valence-corrected chi connectivity index (χ3v) is 3.38. The summed E-state index contributed by atoms with van der Waals surface area (Å²) >= 11 is 0. The van der Waals surface area contributed by atoms with Crippen molar-refractivity contribution in [3.05, 3.63) is 0 Å². The van der Waals surface area contributed by atoms with Crippen LogP contribution in [0, 0.1) is 0 Å². The smallest absolute Gasteiger partial charge is 0.0701 e. The van der Waals surface area contributed by atoms with Crippen LogP contribution < -0.4 is 0 Å². The highest BCUT2D eigenvalue weighted by molar-refractivity contribution is 4.41. The molecular formula is C18H38O7. The van der Waals surface area contributed by atoms with Crippen LogP contribution in [0.1, 0.15) is 38.5 Å². The molecule has 152 valence electrons. The summed E-state index contributed by atoms with van der Waals surface area (Å²) in [5.41, 5.74) is 0. The van der Waals surface area contributed by atoms with E-state index < -0.39 is 0 Å². The van der Waals surface area contributed by atoms with Gasteiger partial charge in [0.2, 0.25) is 0 Å². The number of unbranched alkanes of at least 4 members (excludes halogenated alkanes) is 4. The van der Waals surface area contributed by atoms with Crippen LogP contribution in [-0.4, -0.2) is 89.5 Å². The Hall–Kier alpha value is -0.280. The first-order chi connectivity index (χ1) is 12.4. The van der Waals surface area contributed by atoms with Crippen LogP contribution in [0.2, 0.25) is 0 Å². The van der Waals surface area contributed by atoms with Crippen molar-refractivity contribution >= 4 is 0 Å². The van der Waals surface area contributed by atoms with Gasteiger partial charge in [-0.2, -0.15) is 0 Å². The molecule has 0 radical (unpaired) electrons. The molecule has 0 aromatic carbocycles. The predicted octanol–water partition coefficient (Wildman–Crippen LogP) is 1.39. The average Bonchev–Trinajstić information content (AvgIpc) is 2.63. The summed E-state index contributed by atoms with van der Waals surface area (Å²) in [6, 6.07) is 0. The first-order valence-corrected chi connectivity index (χ1v) is 9.52. The second-order valence-corrected chi connectivity index (χ2v) is 5.63. The van der Waals surface area contributed by atoms with Crippen LogP contribution >= 0.6 is 0 Å². The molecule has 0 rings (SSSR count). The maximum absolute atomic E-state index is 8.63. The van der Waals surface area contributed by atoms with Crippen molar-refractivity contribution in [1.29, 1.82) is 0 Å². The zero-order chi connectivity index (χ0) is 18.3. The molecule has 0 aromatic rings. The number of hydrogen-bond donors (Lipinski definition) is 2. The molecule has 0 amide bonds. The molecule has 0 aromatic heterocycles. The Kier molecular flexibility index (Phi) is 23.5. The third-order valence-electron chi connectivity index (χ3n) is 3.38. The Bertz CT molecular complexity index is 207. The fourth-order valence-electron chi connectivity index (χ4n) is 1.97. The van der Waals surface area contributed by atoms with Gasteiger partial charge in [-0.15, -0.1) is 0 Å². The highest BCUT2D eigenvalue weighted by Gasteiger charge is 1.94. The van der Waals surface area contributed by atoms with E-state index in [0.29, 0.717) is 52.9 Å². The maximum Gasteiger partial charge on any atom is 0.0701 e. The lowest BCUT2D eigenvalue weighted by Crippen LogP contribution is -2.13. The lowest BCUT2D eigenvalue weighted by Gasteiger charge is -2.08. The second kappa shape index (κ2) is 23.7. The fraction of sp³-hybridized carbons (Fsp3) is 1.00. The largest absolute Gasteiger partial charge is 0.396 e. The number of rotatable bonds is 22. The first kappa shape index (κ1) is 24.7. The molecule has 7 nitrogen and oxygen atoms in total. The molecule has 0 saturated heterocycles. The van der Waals surface area contributed by atoms with Crippen LogP contribution in [0.25, 0.3) is 0 Å². The lowest BCUT2D eigenvalue weighted by atomic mass is 10.2. The number of aliphatic hydroxyl groups is 2. The quantitative estimate of drug-likeness (QED) is 0.280. The number of hydrogen-bond acceptors (Lipinski definition) is 7. The highest BCUT2D eigenvalue weighted by Crippen LogP contribution is 1.95. The molecule has 0 heterocycles. The molecule has 0 saturated carbocycles. The van der Waals surface area contributed by atoms with Gasteiger partial charge in [-0.25, -0.2) is 0 Å². The molecular weight excluding hydrogens is 328 g/mol. The van der Waals surface area contributed by atoms with E-state index in [9.17, 15) is 0 Å². The number of ether oxygens (including phenoxy) is 5. The van der Waals surface area contributed by atoms with E-state index in [1.54, 1.807) is 0 Å². The van der Waals surface area contributed by atoms with E-state index in [0.717, 1.165) is 51.7 Å². The maximum atomic E-state index is 8.63. The van der Waals surface area contributed by atoms with Gasteiger partial charge in [0.25, 0.3) is 0 Å². The van der Waals surface area contributed by atoms with Gasteiger partial charge in [0, 0.05) is 26.4 Å². The van der Waals surface area contributed by atoms with Gasteiger partial charge in [0.05, 0.1) is 52.9 Å². The summed E-state index contributed by atoms with van der Waals surface area (Å²) < 4.78 is 27.0. The molecule has 0 bridgehead atoms. The van der Waals surface area contributed by atoms with Gasteiger partial charge in [0.1, 0.15) is 0 Å². The Labute approximate surface area is 152 Å². The number of aliphatic hydroxyl groups excluding tert-OH is 2. The van der Waals surface area contributed by atoms with Crippen molar-refractivity contribution in [1.82, 2.24) is 0 Å². The van der Waals surface area contributed by atoms with Gasteiger partial charge in [-0.1, -0.05) is 0 Å². The molecule has 0 aliphatic rings. The van der Waals surface area contributed by atoms with Crippen LogP contribution in [0.15, 0.2) is 0 Å². The van der Waals surface area contributed by atoms with E-state index in [4.69, 9.17) is 33.9 Å². The Balaban J connectivity index is 2.94. The summed E-state index contributed by atoms with van der Waals surface area (Å²) in [6.07, 6.45) is 5.67. The standard InChI is InChI=1S/C18H38O7/c19-7-3-1-5-9-21-11-13-23-15-17-25-18-16-24-14-12-22-10-6-2-4-8-20/h19-20H,1-18H2. The van der Waals surface area contributed by atoms with E-state index in [1.165, 1.54) is 0 Å². The minimum absolute atomic E-state index is 0.258. The summed E-state index contributed by atoms with van der Waals surface area (Å²) in [7, 11) is 0. The van der Waals surface area contributed by atoms with Crippen molar-refractivity contribution in [3.63, 3.8) is 0 Å². The van der Waals surface area contributed by atoms with Gasteiger partial charge >= 0.3 is 0 Å². The van der Waals surface area contributed by atoms with Gasteiger partial charge in [0.15, 0.2) is 0 Å². The van der Waals surface area contributed by atoms with Crippen LogP contribution in [0.4, 0.5) is 0 Å². The Morgan fingerprint density at radius 3 is 0.880 bits per heavy atom. The molecule has 2 N–H and O–H groups in total. The molecule has 0 unspecified atom stereocenters. The molecule has 0 aliphatic carbocycles. The van der Waals surface area contributed by atoms with Gasteiger partial charge in [-0.3, -0.25) is 0 Å². The van der Waals surface area contributed by atoms with Crippen molar-refractivity contribution in [3.8, 4) is 0 Å². The Morgan fingerprint density at radius 1 is 0.320 bits per heavy atom. The van der Waals surface area contributed by atoms with E-state index in [1.807, 2.05) is 0 Å².